The molecule has 2 aromatic rings. The van der Waals surface area contributed by atoms with Crippen LogP contribution in [0.25, 0.3) is 0 Å². The zero-order valence-corrected chi connectivity index (χ0v) is 14.4. The molecule has 0 aliphatic carbocycles. The molecule has 124 valence electrons. The van der Waals surface area contributed by atoms with Crippen LogP contribution in [-0.2, 0) is 27.7 Å². The maximum atomic E-state index is 11.8. The second-order valence-electron chi connectivity index (χ2n) is 5.13. The minimum Gasteiger partial charge on any atom is -0.356 e. The van der Waals surface area contributed by atoms with E-state index in [1.54, 1.807) is 5.38 Å². The lowest BCUT2D eigenvalue weighted by molar-refractivity contribution is -0.120. The summed E-state index contributed by atoms with van der Waals surface area (Å²) in [5.74, 6) is -0.116. The fraction of sp³-hybridized carbons (Fsp3) is 0.333. The predicted molar refractivity (Wildman–Crippen MR) is 92.1 cm³/mol. The van der Waals surface area contributed by atoms with Gasteiger partial charge in [-0.1, -0.05) is 30.3 Å². The van der Waals surface area contributed by atoms with Crippen LogP contribution >= 0.6 is 11.3 Å². The van der Waals surface area contributed by atoms with Crippen LogP contribution in [0.4, 0.5) is 5.13 Å². The fourth-order valence-electron chi connectivity index (χ4n) is 1.99. The largest absolute Gasteiger partial charge is 0.356 e. The smallest absolute Gasteiger partial charge is 0.231 e. The number of nitrogens with one attached hydrogen (secondary N) is 2. The van der Waals surface area contributed by atoms with Crippen molar-refractivity contribution in [2.75, 3.05) is 17.5 Å². The van der Waals surface area contributed by atoms with Crippen LogP contribution in [0.2, 0.25) is 0 Å². The summed E-state index contributed by atoms with van der Waals surface area (Å²) in [4.78, 5) is 15.9. The normalized spacial score (nSPS) is 11.2. The zero-order chi connectivity index (χ0) is 16.7. The van der Waals surface area contributed by atoms with Crippen LogP contribution in [-0.4, -0.2) is 32.1 Å². The van der Waals surface area contributed by atoms with Crippen molar-refractivity contribution in [1.29, 1.82) is 0 Å². The SMILES string of the molecule is CS(=O)(=O)Nc1nc(CC(=O)NCCCc2ccccc2)cs1. The minimum absolute atomic E-state index is 0.116. The Labute approximate surface area is 140 Å². The second-order valence-corrected chi connectivity index (χ2v) is 7.74. The molecule has 1 amide bonds. The third-order valence-corrected chi connectivity index (χ3v) is 4.47. The lowest BCUT2D eigenvalue weighted by atomic mass is 10.1. The van der Waals surface area contributed by atoms with E-state index < -0.39 is 10.0 Å². The van der Waals surface area contributed by atoms with Crippen LogP contribution in [0, 0.1) is 0 Å². The van der Waals surface area contributed by atoms with Gasteiger partial charge in [-0.3, -0.25) is 9.52 Å². The molecule has 0 atom stereocenters. The molecule has 2 N–H and O–H groups in total. The van der Waals surface area contributed by atoms with Gasteiger partial charge in [-0.05, 0) is 18.4 Å². The molecule has 23 heavy (non-hydrogen) atoms. The Morgan fingerprint density at radius 3 is 2.70 bits per heavy atom. The lowest BCUT2D eigenvalue weighted by Crippen LogP contribution is -2.26. The van der Waals surface area contributed by atoms with E-state index >= 15 is 0 Å². The van der Waals surface area contributed by atoms with Crippen molar-refractivity contribution in [3.8, 4) is 0 Å². The number of rotatable bonds is 8. The van der Waals surface area contributed by atoms with Gasteiger partial charge in [-0.15, -0.1) is 11.3 Å². The lowest BCUT2D eigenvalue weighted by Gasteiger charge is -2.04. The molecule has 0 aliphatic heterocycles. The number of hydrogen-bond donors (Lipinski definition) is 2. The molecule has 0 saturated heterocycles. The molecule has 0 radical (unpaired) electrons. The Morgan fingerprint density at radius 1 is 1.26 bits per heavy atom. The Balaban J connectivity index is 1.70. The summed E-state index contributed by atoms with van der Waals surface area (Å²) in [7, 11) is -3.34. The average molecular weight is 353 g/mol. The van der Waals surface area contributed by atoms with Crippen molar-refractivity contribution in [1.82, 2.24) is 10.3 Å². The molecular formula is C15H19N3O3S2. The molecule has 8 heteroatoms. The van der Waals surface area contributed by atoms with E-state index in [1.807, 2.05) is 18.2 Å². The number of carbonyl (C=O) groups excluding carboxylic acids is 1. The number of aromatic nitrogens is 1. The maximum Gasteiger partial charge on any atom is 0.231 e. The van der Waals surface area contributed by atoms with Gasteiger partial charge in [-0.25, -0.2) is 13.4 Å². The minimum atomic E-state index is -3.34. The highest BCUT2D eigenvalue weighted by Gasteiger charge is 2.10. The Hall–Kier alpha value is -1.93. The molecule has 6 nitrogen and oxygen atoms in total. The summed E-state index contributed by atoms with van der Waals surface area (Å²) >= 11 is 1.16. The third-order valence-electron chi connectivity index (χ3n) is 2.97. The molecular weight excluding hydrogens is 334 g/mol. The van der Waals surface area contributed by atoms with Crippen LogP contribution in [0.15, 0.2) is 35.7 Å². The van der Waals surface area contributed by atoms with Gasteiger partial charge in [0.05, 0.1) is 18.4 Å². The molecule has 0 aliphatic rings. The number of aryl methyl sites for hydroxylation is 1. The molecule has 1 heterocycles. The highest BCUT2D eigenvalue weighted by Crippen LogP contribution is 2.16. The number of sulfonamides is 1. The van der Waals surface area contributed by atoms with Gasteiger partial charge in [0.15, 0.2) is 5.13 Å². The summed E-state index contributed by atoms with van der Waals surface area (Å²) in [5, 5.41) is 4.80. The molecule has 1 aromatic heterocycles. The van der Waals surface area contributed by atoms with E-state index in [0.29, 0.717) is 12.2 Å². The van der Waals surface area contributed by atoms with Crippen molar-refractivity contribution in [3.63, 3.8) is 0 Å². The second kappa shape index (κ2) is 8.07. The number of hydrogen-bond acceptors (Lipinski definition) is 5. The van der Waals surface area contributed by atoms with Crippen LogP contribution < -0.4 is 10.0 Å². The summed E-state index contributed by atoms with van der Waals surface area (Å²) in [5.41, 5.74) is 1.81. The first-order valence-electron chi connectivity index (χ1n) is 7.15. The number of anilines is 1. The van der Waals surface area contributed by atoms with E-state index in [-0.39, 0.29) is 17.5 Å². The van der Waals surface area contributed by atoms with Gasteiger partial charge in [0, 0.05) is 11.9 Å². The first-order valence-corrected chi connectivity index (χ1v) is 9.92. The zero-order valence-electron chi connectivity index (χ0n) is 12.8. The maximum absolute atomic E-state index is 11.8. The van der Waals surface area contributed by atoms with Gasteiger partial charge in [0.2, 0.25) is 15.9 Å². The third kappa shape index (κ3) is 6.79. The molecule has 0 unspecified atom stereocenters. The van der Waals surface area contributed by atoms with E-state index in [2.05, 4.69) is 27.2 Å². The monoisotopic (exact) mass is 353 g/mol. The number of benzene rings is 1. The first kappa shape index (κ1) is 17.4. The molecule has 1 aromatic carbocycles. The quantitative estimate of drug-likeness (QED) is 0.709. The number of amides is 1. The number of nitrogens with zero attached hydrogens (tertiary/aromatic N) is 1. The Bertz CT molecular complexity index is 742. The summed E-state index contributed by atoms with van der Waals surface area (Å²) in [6, 6.07) is 10.1. The van der Waals surface area contributed by atoms with Crippen molar-refractivity contribution in [2.45, 2.75) is 19.3 Å². The van der Waals surface area contributed by atoms with Gasteiger partial charge in [0.25, 0.3) is 0 Å². The van der Waals surface area contributed by atoms with E-state index in [1.165, 1.54) is 5.56 Å². The van der Waals surface area contributed by atoms with Crippen LogP contribution in [0.1, 0.15) is 17.7 Å². The van der Waals surface area contributed by atoms with Crippen molar-refractivity contribution < 1.29 is 13.2 Å². The molecule has 2 rings (SSSR count). The van der Waals surface area contributed by atoms with Gasteiger partial charge < -0.3 is 5.32 Å². The van der Waals surface area contributed by atoms with Gasteiger partial charge >= 0.3 is 0 Å². The van der Waals surface area contributed by atoms with Crippen LogP contribution in [0.3, 0.4) is 0 Å². The summed E-state index contributed by atoms with van der Waals surface area (Å²) in [6.45, 7) is 0.603. The summed E-state index contributed by atoms with van der Waals surface area (Å²) < 4.78 is 24.5. The average Bonchev–Trinajstić information content (AvgIpc) is 2.89. The first-order chi connectivity index (χ1) is 10.9. The van der Waals surface area contributed by atoms with Crippen molar-refractivity contribution >= 4 is 32.4 Å². The Kier molecular flexibility index (Phi) is 6.12. The van der Waals surface area contributed by atoms with Crippen molar-refractivity contribution in [3.05, 3.63) is 47.0 Å². The fourth-order valence-corrected chi connectivity index (χ4v) is 3.55. The topological polar surface area (TPSA) is 88.2 Å². The van der Waals surface area contributed by atoms with E-state index in [9.17, 15) is 13.2 Å². The predicted octanol–water partition coefficient (Wildman–Crippen LogP) is 1.81. The van der Waals surface area contributed by atoms with Crippen LogP contribution in [0.5, 0.6) is 0 Å². The highest BCUT2D eigenvalue weighted by molar-refractivity contribution is 7.92. The standard InChI is InChI=1S/C15H19N3O3S2/c1-23(20,21)18-15-17-13(11-22-15)10-14(19)16-9-5-8-12-6-3-2-4-7-12/h2-4,6-7,11H,5,8-10H2,1H3,(H,16,19)(H,17,18). The van der Waals surface area contributed by atoms with Crippen molar-refractivity contribution in [2.24, 2.45) is 0 Å². The Morgan fingerprint density at radius 2 is 2.00 bits per heavy atom. The molecule has 0 bridgehead atoms. The van der Waals surface area contributed by atoms with Gasteiger partial charge in [-0.2, -0.15) is 0 Å². The van der Waals surface area contributed by atoms with E-state index in [0.717, 1.165) is 30.4 Å². The number of thiazole rings is 1. The molecule has 0 saturated carbocycles. The molecule has 0 spiro atoms. The molecule has 0 fully saturated rings. The summed E-state index contributed by atoms with van der Waals surface area (Å²) in [6.07, 6.45) is 2.99. The van der Waals surface area contributed by atoms with E-state index in [4.69, 9.17) is 0 Å². The van der Waals surface area contributed by atoms with Gasteiger partial charge in [0.1, 0.15) is 0 Å². The number of carbonyl (C=O) groups is 1. The highest BCUT2D eigenvalue weighted by atomic mass is 32.2.